The van der Waals surface area contributed by atoms with Crippen LogP contribution in [0.25, 0.3) is 0 Å². The molecule has 1 aliphatic rings. The van der Waals surface area contributed by atoms with Crippen molar-refractivity contribution in [1.29, 1.82) is 0 Å². The van der Waals surface area contributed by atoms with Crippen LogP contribution < -0.4 is 20.1 Å². The van der Waals surface area contributed by atoms with E-state index in [1.165, 1.54) is 14.2 Å². The minimum absolute atomic E-state index is 0.0585. The number of nitrogens with one attached hydrogen (secondary N) is 2. The minimum atomic E-state index is -0.246. The molecule has 2 rings (SSSR count). The van der Waals surface area contributed by atoms with Crippen molar-refractivity contribution in [2.45, 2.75) is 45.6 Å². The first-order chi connectivity index (χ1) is 13.0. The molecule has 27 heavy (non-hydrogen) atoms. The SMILES string of the molecule is CCC(CC)C(=O)Nc1cc(C(=O)NCC2CCCO2)cc(OC)c1OC. The summed E-state index contributed by atoms with van der Waals surface area (Å²) in [6.07, 6.45) is 3.50. The Kier molecular flexibility index (Phi) is 7.91. The number of amides is 2. The average Bonchev–Trinajstić information content (AvgIpc) is 3.19. The second-order valence-corrected chi connectivity index (χ2v) is 6.61. The van der Waals surface area contributed by atoms with Crippen LogP contribution in [0.15, 0.2) is 12.1 Å². The normalized spacial score (nSPS) is 16.3. The Morgan fingerprint density at radius 3 is 2.52 bits per heavy atom. The Morgan fingerprint density at radius 2 is 1.96 bits per heavy atom. The summed E-state index contributed by atoms with van der Waals surface area (Å²) in [6, 6.07) is 3.23. The first kappa shape index (κ1) is 21.0. The number of ether oxygens (including phenoxy) is 3. The van der Waals surface area contributed by atoms with Crippen molar-refractivity contribution in [1.82, 2.24) is 5.32 Å². The number of carbonyl (C=O) groups is 2. The molecular formula is C20H30N2O5. The van der Waals surface area contributed by atoms with Gasteiger partial charge >= 0.3 is 0 Å². The summed E-state index contributed by atoms with van der Waals surface area (Å²) in [6.45, 7) is 5.15. The van der Waals surface area contributed by atoms with Crippen LogP contribution in [0.1, 0.15) is 49.9 Å². The highest BCUT2D eigenvalue weighted by Crippen LogP contribution is 2.37. The molecule has 150 valence electrons. The van der Waals surface area contributed by atoms with E-state index < -0.39 is 0 Å². The highest BCUT2D eigenvalue weighted by Gasteiger charge is 2.22. The van der Waals surface area contributed by atoms with Crippen molar-refractivity contribution < 1.29 is 23.8 Å². The Morgan fingerprint density at radius 1 is 1.22 bits per heavy atom. The van der Waals surface area contributed by atoms with Gasteiger partial charge in [-0.25, -0.2) is 0 Å². The number of anilines is 1. The molecule has 1 unspecified atom stereocenters. The fourth-order valence-corrected chi connectivity index (χ4v) is 3.20. The van der Waals surface area contributed by atoms with Crippen molar-refractivity contribution >= 4 is 17.5 Å². The smallest absolute Gasteiger partial charge is 0.251 e. The van der Waals surface area contributed by atoms with Crippen molar-refractivity contribution in [3.05, 3.63) is 17.7 Å². The fraction of sp³-hybridized carbons (Fsp3) is 0.600. The van der Waals surface area contributed by atoms with Gasteiger partial charge in [0, 0.05) is 24.6 Å². The van der Waals surface area contributed by atoms with Gasteiger partial charge in [0.25, 0.3) is 5.91 Å². The lowest BCUT2D eigenvalue weighted by Crippen LogP contribution is -2.32. The number of hydrogen-bond donors (Lipinski definition) is 2. The molecule has 0 aromatic heterocycles. The van der Waals surface area contributed by atoms with Crippen LogP contribution in [-0.2, 0) is 9.53 Å². The summed E-state index contributed by atoms with van der Waals surface area (Å²) in [4.78, 5) is 25.1. The fourth-order valence-electron chi connectivity index (χ4n) is 3.20. The van der Waals surface area contributed by atoms with Gasteiger partial charge in [-0.05, 0) is 37.8 Å². The van der Waals surface area contributed by atoms with Crippen molar-refractivity contribution in [3.63, 3.8) is 0 Å². The number of rotatable bonds is 9. The topological polar surface area (TPSA) is 85.9 Å². The van der Waals surface area contributed by atoms with E-state index in [2.05, 4.69) is 10.6 Å². The van der Waals surface area contributed by atoms with Crippen LogP contribution in [0.4, 0.5) is 5.69 Å². The van der Waals surface area contributed by atoms with Crippen molar-refractivity contribution in [3.8, 4) is 11.5 Å². The molecule has 1 aromatic rings. The predicted octanol–water partition coefficient (Wildman–Crippen LogP) is 2.99. The van der Waals surface area contributed by atoms with Gasteiger partial charge in [-0.15, -0.1) is 0 Å². The summed E-state index contributed by atoms with van der Waals surface area (Å²) >= 11 is 0. The van der Waals surface area contributed by atoms with Crippen LogP contribution >= 0.6 is 0 Å². The maximum Gasteiger partial charge on any atom is 0.251 e. The van der Waals surface area contributed by atoms with Gasteiger partial charge in [-0.2, -0.15) is 0 Å². The third-order valence-electron chi connectivity index (χ3n) is 4.87. The Hall–Kier alpha value is -2.28. The van der Waals surface area contributed by atoms with E-state index in [1.54, 1.807) is 12.1 Å². The molecule has 2 N–H and O–H groups in total. The Balaban J connectivity index is 2.22. The summed E-state index contributed by atoms with van der Waals surface area (Å²) < 4.78 is 16.3. The standard InChI is InChI=1S/C20H30N2O5/c1-5-13(6-2)20(24)22-16-10-14(11-17(25-3)18(16)26-4)19(23)21-12-15-8-7-9-27-15/h10-11,13,15H,5-9,12H2,1-4H3,(H,21,23)(H,22,24). The zero-order valence-corrected chi connectivity index (χ0v) is 16.6. The molecule has 7 heteroatoms. The molecular weight excluding hydrogens is 348 g/mol. The van der Waals surface area contributed by atoms with Crippen molar-refractivity contribution in [2.75, 3.05) is 32.7 Å². The highest BCUT2D eigenvalue weighted by atomic mass is 16.5. The highest BCUT2D eigenvalue weighted by molar-refractivity contribution is 6.00. The number of methoxy groups -OCH3 is 2. The van der Waals surface area contributed by atoms with E-state index >= 15 is 0 Å². The molecule has 1 aliphatic heterocycles. The van der Waals surface area contributed by atoms with E-state index in [-0.39, 0.29) is 23.8 Å². The number of hydrogen-bond acceptors (Lipinski definition) is 5. The van der Waals surface area contributed by atoms with Gasteiger partial charge in [-0.3, -0.25) is 9.59 Å². The molecule has 1 heterocycles. The van der Waals surface area contributed by atoms with E-state index in [0.717, 1.165) is 32.3 Å². The van der Waals surface area contributed by atoms with Gasteiger partial charge in [-0.1, -0.05) is 13.8 Å². The Bertz CT molecular complexity index is 652. The lowest BCUT2D eigenvalue weighted by atomic mass is 10.0. The van der Waals surface area contributed by atoms with E-state index in [9.17, 15) is 9.59 Å². The molecule has 0 aliphatic carbocycles. The van der Waals surface area contributed by atoms with Crippen LogP contribution in [0.2, 0.25) is 0 Å². The average molecular weight is 378 g/mol. The molecule has 1 saturated heterocycles. The largest absolute Gasteiger partial charge is 0.493 e. The third kappa shape index (κ3) is 5.35. The summed E-state index contributed by atoms with van der Waals surface area (Å²) in [5.74, 6) is 0.342. The number of benzene rings is 1. The molecule has 0 spiro atoms. The maximum atomic E-state index is 12.6. The van der Waals surface area contributed by atoms with Crippen LogP contribution in [-0.4, -0.2) is 45.3 Å². The number of carbonyl (C=O) groups excluding carboxylic acids is 2. The quantitative estimate of drug-likeness (QED) is 0.690. The van der Waals surface area contributed by atoms with Gasteiger partial charge in [0.15, 0.2) is 11.5 Å². The third-order valence-corrected chi connectivity index (χ3v) is 4.87. The second kappa shape index (κ2) is 10.2. The van der Waals surface area contributed by atoms with Crippen LogP contribution in [0.3, 0.4) is 0 Å². The summed E-state index contributed by atoms with van der Waals surface area (Å²) in [5.41, 5.74) is 0.821. The molecule has 0 radical (unpaired) electrons. The lowest BCUT2D eigenvalue weighted by Gasteiger charge is -2.18. The van der Waals surface area contributed by atoms with Gasteiger partial charge in [0.1, 0.15) is 0 Å². The molecule has 0 bridgehead atoms. The van der Waals surface area contributed by atoms with E-state index in [0.29, 0.717) is 29.3 Å². The van der Waals surface area contributed by atoms with Crippen molar-refractivity contribution in [2.24, 2.45) is 5.92 Å². The zero-order valence-electron chi connectivity index (χ0n) is 16.6. The summed E-state index contributed by atoms with van der Waals surface area (Å²) in [5, 5.41) is 5.76. The monoisotopic (exact) mass is 378 g/mol. The zero-order chi connectivity index (χ0) is 19.8. The molecule has 1 fully saturated rings. The summed E-state index contributed by atoms with van der Waals surface area (Å²) in [7, 11) is 3.00. The van der Waals surface area contributed by atoms with Gasteiger partial charge in [0.05, 0.1) is 26.0 Å². The molecule has 7 nitrogen and oxygen atoms in total. The minimum Gasteiger partial charge on any atom is -0.493 e. The van der Waals surface area contributed by atoms with Gasteiger partial charge < -0.3 is 24.8 Å². The Labute approximate surface area is 160 Å². The molecule has 1 aromatic carbocycles. The molecule has 2 amide bonds. The molecule has 0 saturated carbocycles. The van der Waals surface area contributed by atoms with E-state index in [4.69, 9.17) is 14.2 Å². The van der Waals surface area contributed by atoms with Gasteiger partial charge in [0.2, 0.25) is 5.91 Å². The van der Waals surface area contributed by atoms with Crippen LogP contribution in [0.5, 0.6) is 11.5 Å². The first-order valence-electron chi connectivity index (χ1n) is 9.50. The second-order valence-electron chi connectivity index (χ2n) is 6.61. The maximum absolute atomic E-state index is 12.6. The van der Waals surface area contributed by atoms with Crippen LogP contribution in [0, 0.1) is 5.92 Å². The first-order valence-corrected chi connectivity index (χ1v) is 9.50. The lowest BCUT2D eigenvalue weighted by molar-refractivity contribution is -0.120. The van der Waals surface area contributed by atoms with E-state index in [1.807, 2.05) is 13.8 Å². The molecule has 1 atom stereocenters. The predicted molar refractivity (Wildman–Crippen MR) is 104 cm³/mol.